The number of esters is 1. The van der Waals surface area contributed by atoms with E-state index in [1.54, 1.807) is 19.2 Å². The number of carbonyl (C=O) groups excluding carboxylic acids is 2. The number of aromatic amines is 1. The molecule has 1 amide bonds. The highest BCUT2D eigenvalue weighted by atomic mass is 16.5. The molecule has 3 rings (SSSR count). The number of aromatic nitrogens is 1. The van der Waals surface area contributed by atoms with Gasteiger partial charge in [-0.3, -0.25) is 4.79 Å². The van der Waals surface area contributed by atoms with Crippen molar-refractivity contribution in [1.29, 1.82) is 0 Å². The molecule has 0 aliphatic carbocycles. The maximum absolute atomic E-state index is 12.6. The van der Waals surface area contributed by atoms with Crippen LogP contribution in [0.5, 0.6) is 5.75 Å². The number of hydrogen-bond donors (Lipinski definition) is 3. The molecule has 7 heteroatoms. The van der Waals surface area contributed by atoms with Crippen LogP contribution in [0.25, 0.3) is 10.9 Å². The molecule has 1 aromatic heterocycles. The zero-order chi connectivity index (χ0) is 18.7. The molecule has 1 saturated heterocycles. The molecule has 26 heavy (non-hydrogen) atoms. The first kappa shape index (κ1) is 18.3. The molecule has 1 fully saturated rings. The van der Waals surface area contributed by atoms with Gasteiger partial charge in [-0.15, -0.1) is 0 Å². The van der Waals surface area contributed by atoms with Gasteiger partial charge in [0.2, 0.25) is 0 Å². The van der Waals surface area contributed by atoms with E-state index in [1.165, 1.54) is 18.4 Å². The number of carbonyl (C=O) groups is 2. The summed E-state index contributed by atoms with van der Waals surface area (Å²) >= 11 is 0. The highest BCUT2D eigenvalue weighted by Crippen LogP contribution is 2.31. The van der Waals surface area contributed by atoms with Gasteiger partial charge < -0.3 is 24.7 Å². The summed E-state index contributed by atoms with van der Waals surface area (Å²) in [4.78, 5) is 29.1. The number of piperidine rings is 1. The Hall–Kier alpha value is -2.54. The van der Waals surface area contributed by atoms with Crippen LogP contribution in [0.2, 0.25) is 0 Å². The monoisotopic (exact) mass is 360 g/mol. The maximum Gasteiger partial charge on any atom is 0.356 e. The van der Waals surface area contributed by atoms with E-state index in [9.17, 15) is 9.59 Å². The molecule has 0 bridgehead atoms. The van der Waals surface area contributed by atoms with Gasteiger partial charge in [0.25, 0.3) is 5.91 Å². The highest BCUT2D eigenvalue weighted by Gasteiger charge is 2.26. The highest BCUT2D eigenvalue weighted by molar-refractivity contribution is 6.11. The van der Waals surface area contributed by atoms with Crippen molar-refractivity contribution in [3.63, 3.8) is 0 Å². The predicted molar refractivity (Wildman–Crippen MR) is 98.8 cm³/mol. The lowest BCUT2D eigenvalue weighted by atomic mass is 10.0. The van der Waals surface area contributed by atoms with Crippen LogP contribution in [-0.4, -0.2) is 50.2 Å². The number of H-pyrrole nitrogens is 1. The largest absolute Gasteiger partial charge is 0.497 e. The SMILES string of the molecule is COC(=O)c1[nH]c2cc(OC)ccc2c1NC(=O)C[NH+]1CCCC[C@@H]1C. The number of hydrogen-bond acceptors (Lipinski definition) is 4. The Morgan fingerprint density at radius 1 is 1.31 bits per heavy atom. The molecule has 0 radical (unpaired) electrons. The fourth-order valence-corrected chi connectivity index (χ4v) is 3.59. The number of rotatable bonds is 5. The van der Waals surface area contributed by atoms with Crippen molar-refractivity contribution in [3.05, 3.63) is 23.9 Å². The number of benzene rings is 1. The van der Waals surface area contributed by atoms with Crippen LogP contribution in [-0.2, 0) is 9.53 Å². The first-order valence-electron chi connectivity index (χ1n) is 8.96. The van der Waals surface area contributed by atoms with Crippen molar-refractivity contribution in [1.82, 2.24) is 4.98 Å². The van der Waals surface area contributed by atoms with Gasteiger partial charge >= 0.3 is 5.97 Å². The molecule has 2 heterocycles. The minimum absolute atomic E-state index is 0.101. The topological polar surface area (TPSA) is 84.9 Å². The molecular formula is C19H26N3O4+. The Labute approximate surface area is 152 Å². The van der Waals surface area contributed by atoms with Crippen LogP contribution in [0.1, 0.15) is 36.7 Å². The Morgan fingerprint density at radius 3 is 2.81 bits per heavy atom. The van der Waals surface area contributed by atoms with Crippen molar-refractivity contribution >= 4 is 28.5 Å². The number of ether oxygens (including phenoxy) is 2. The maximum atomic E-state index is 12.6. The third kappa shape index (κ3) is 3.67. The second-order valence-corrected chi connectivity index (χ2v) is 6.81. The van der Waals surface area contributed by atoms with E-state index < -0.39 is 5.97 Å². The lowest BCUT2D eigenvalue weighted by Gasteiger charge is -2.29. The van der Waals surface area contributed by atoms with E-state index in [4.69, 9.17) is 9.47 Å². The number of quaternary nitrogens is 1. The molecule has 1 aromatic carbocycles. The van der Waals surface area contributed by atoms with Gasteiger partial charge in [0.15, 0.2) is 6.54 Å². The minimum Gasteiger partial charge on any atom is -0.497 e. The average molecular weight is 360 g/mol. The van der Waals surface area contributed by atoms with E-state index in [1.807, 2.05) is 6.07 Å². The summed E-state index contributed by atoms with van der Waals surface area (Å²) in [5.41, 5.74) is 1.41. The molecule has 1 unspecified atom stereocenters. The van der Waals surface area contributed by atoms with E-state index >= 15 is 0 Å². The van der Waals surface area contributed by atoms with Gasteiger partial charge in [0.05, 0.1) is 38.0 Å². The molecule has 1 aliphatic heterocycles. The molecule has 0 saturated carbocycles. The summed E-state index contributed by atoms with van der Waals surface area (Å²) in [6.45, 7) is 3.58. The van der Waals surface area contributed by atoms with Crippen LogP contribution >= 0.6 is 0 Å². The van der Waals surface area contributed by atoms with E-state index in [0.717, 1.165) is 24.8 Å². The van der Waals surface area contributed by atoms with Crippen molar-refractivity contribution in [2.24, 2.45) is 0 Å². The van der Waals surface area contributed by atoms with Gasteiger partial charge in [-0.2, -0.15) is 0 Å². The number of anilines is 1. The zero-order valence-corrected chi connectivity index (χ0v) is 15.5. The summed E-state index contributed by atoms with van der Waals surface area (Å²) in [6.07, 6.45) is 3.51. The second kappa shape index (κ2) is 7.78. The standard InChI is InChI=1S/C19H25N3O4/c1-12-6-4-5-9-22(12)11-16(23)21-17-14-8-7-13(25-2)10-15(14)20-18(17)19(24)26-3/h7-8,10,12,20H,4-6,9,11H2,1-3H3,(H,21,23)/p+1/t12-/m0/s1. The third-order valence-corrected chi connectivity index (χ3v) is 5.13. The fraction of sp³-hybridized carbons (Fsp3) is 0.474. The molecule has 1 aliphatic rings. The predicted octanol–water partition coefficient (Wildman–Crippen LogP) is 1.36. The fourth-order valence-electron chi connectivity index (χ4n) is 3.59. The smallest absolute Gasteiger partial charge is 0.356 e. The second-order valence-electron chi connectivity index (χ2n) is 6.81. The van der Waals surface area contributed by atoms with Crippen LogP contribution in [0.15, 0.2) is 18.2 Å². The first-order chi connectivity index (χ1) is 12.5. The molecular weight excluding hydrogens is 334 g/mol. The summed E-state index contributed by atoms with van der Waals surface area (Å²) in [7, 11) is 2.90. The van der Waals surface area contributed by atoms with Crippen LogP contribution in [0.3, 0.4) is 0 Å². The summed E-state index contributed by atoms with van der Waals surface area (Å²) in [5, 5.41) is 3.67. The van der Waals surface area contributed by atoms with Crippen molar-refractivity contribution in [3.8, 4) is 5.75 Å². The Bertz CT molecular complexity index is 814. The van der Waals surface area contributed by atoms with Crippen LogP contribution in [0.4, 0.5) is 5.69 Å². The van der Waals surface area contributed by atoms with Gasteiger partial charge in [-0.1, -0.05) is 0 Å². The Morgan fingerprint density at radius 2 is 2.12 bits per heavy atom. The number of methoxy groups -OCH3 is 2. The van der Waals surface area contributed by atoms with Gasteiger partial charge in [-0.25, -0.2) is 4.79 Å². The zero-order valence-electron chi connectivity index (χ0n) is 15.5. The van der Waals surface area contributed by atoms with Crippen molar-refractivity contribution in [2.75, 3.05) is 32.6 Å². The van der Waals surface area contributed by atoms with E-state index in [-0.39, 0.29) is 11.6 Å². The van der Waals surface area contributed by atoms with Gasteiger partial charge in [0, 0.05) is 11.5 Å². The van der Waals surface area contributed by atoms with Gasteiger partial charge in [0.1, 0.15) is 11.4 Å². The third-order valence-electron chi connectivity index (χ3n) is 5.13. The van der Waals surface area contributed by atoms with E-state index in [0.29, 0.717) is 29.5 Å². The summed E-state index contributed by atoms with van der Waals surface area (Å²) < 4.78 is 10.1. The molecule has 2 aromatic rings. The Balaban J connectivity index is 1.87. The van der Waals surface area contributed by atoms with Crippen LogP contribution in [0, 0.1) is 0 Å². The molecule has 2 atom stereocenters. The minimum atomic E-state index is -0.519. The number of likely N-dealkylation sites (tertiary alicyclic amines) is 1. The quantitative estimate of drug-likeness (QED) is 0.703. The average Bonchev–Trinajstić information content (AvgIpc) is 3.00. The van der Waals surface area contributed by atoms with Crippen molar-refractivity contribution in [2.45, 2.75) is 32.2 Å². The molecule has 140 valence electrons. The summed E-state index contributed by atoms with van der Waals surface area (Å²) in [5.74, 6) is 0.0457. The number of amides is 1. The van der Waals surface area contributed by atoms with E-state index in [2.05, 4.69) is 17.2 Å². The number of fused-ring (bicyclic) bond motifs is 1. The first-order valence-corrected chi connectivity index (χ1v) is 8.96. The van der Waals surface area contributed by atoms with Crippen molar-refractivity contribution < 1.29 is 24.0 Å². The normalized spacial score (nSPS) is 20.0. The molecule has 0 spiro atoms. The van der Waals surface area contributed by atoms with Gasteiger partial charge in [-0.05, 0) is 38.3 Å². The van der Waals surface area contributed by atoms with Crippen LogP contribution < -0.4 is 15.0 Å². The molecule has 7 nitrogen and oxygen atoms in total. The molecule has 3 N–H and O–H groups in total. The Kier molecular flexibility index (Phi) is 5.46. The number of nitrogens with one attached hydrogen (secondary N) is 3. The lowest BCUT2D eigenvalue weighted by molar-refractivity contribution is -0.920. The lowest BCUT2D eigenvalue weighted by Crippen LogP contribution is -3.17. The summed E-state index contributed by atoms with van der Waals surface area (Å²) in [6, 6.07) is 5.88.